The lowest BCUT2D eigenvalue weighted by Crippen LogP contribution is -2.40. The standard InChI is InChI=1S/C10H11N3OS/c11-7-1-3-10(4-2-7,8(12)14)9-13-5-6-15-9/h1-3,5-6H,4,11H2,(H2,12,14). The number of nitrogens with two attached hydrogens (primary N) is 2. The SMILES string of the molecule is NC(=O)C1(c2nccs2)C=CC(N)=CC1. The zero-order chi connectivity index (χ0) is 10.9. The maximum absolute atomic E-state index is 11.5. The molecule has 2 rings (SSSR count). The maximum Gasteiger partial charge on any atom is 0.234 e. The lowest BCUT2D eigenvalue weighted by Gasteiger charge is -2.26. The quantitative estimate of drug-likeness (QED) is 0.770. The van der Waals surface area contributed by atoms with Crippen LogP contribution >= 0.6 is 11.3 Å². The molecule has 1 aliphatic rings. The molecule has 4 nitrogen and oxygen atoms in total. The van der Waals surface area contributed by atoms with Gasteiger partial charge in [-0.15, -0.1) is 11.3 Å². The topological polar surface area (TPSA) is 82.0 Å². The van der Waals surface area contributed by atoms with E-state index in [-0.39, 0.29) is 0 Å². The van der Waals surface area contributed by atoms with Crippen LogP contribution in [0.3, 0.4) is 0 Å². The molecule has 1 aromatic heterocycles. The van der Waals surface area contributed by atoms with E-state index in [1.54, 1.807) is 24.4 Å². The predicted molar refractivity (Wildman–Crippen MR) is 59.0 cm³/mol. The molecule has 15 heavy (non-hydrogen) atoms. The van der Waals surface area contributed by atoms with Gasteiger partial charge in [0.25, 0.3) is 0 Å². The molecule has 1 amide bonds. The van der Waals surface area contributed by atoms with Crippen LogP contribution in [0.4, 0.5) is 0 Å². The van der Waals surface area contributed by atoms with Crippen molar-refractivity contribution in [3.8, 4) is 0 Å². The molecule has 0 bridgehead atoms. The monoisotopic (exact) mass is 221 g/mol. The molecular weight excluding hydrogens is 210 g/mol. The van der Waals surface area contributed by atoms with Gasteiger partial charge in [0.05, 0.1) is 0 Å². The zero-order valence-electron chi connectivity index (χ0n) is 8.01. The molecule has 0 saturated heterocycles. The Hall–Kier alpha value is -1.62. The van der Waals surface area contributed by atoms with Crippen molar-refractivity contribution in [2.45, 2.75) is 11.8 Å². The van der Waals surface area contributed by atoms with E-state index in [4.69, 9.17) is 11.5 Å². The van der Waals surface area contributed by atoms with Crippen LogP contribution in [0, 0.1) is 0 Å². The maximum atomic E-state index is 11.5. The van der Waals surface area contributed by atoms with Crippen molar-refractivity contribution in [2.24, 2.45) is 11.5 Å². The Morgan fingerprint density at radius 3 is 2.87 bits per heavy atom. The Bertz CT molecular complexity index is 436. The van der Waals surface area contributed by atoms with E-state index in [0.717, 1.165) is 5.01 Å². The van der Waals surface area contributed by atoms with Gasteiger partial charge < -0.3 is 11.5 Å². The molecule has 0 radical (unpaired) electrons. The van der Waals surface area contributed by atoms with Gasteiger partial charge in [0.2, 0.25) is 5.91 Å². The van der Waals surface area contributed by atoms with Crippen LogP contribution in [0.15, 0.2) is 35.5 Å². The number of rotatable bonds is 2. The van der Waals surface area contributed by atoms with Crippen molar-refractivity contribution in [3.05, 3.63) is 40.5 Å². The number of hydrogen-bond donors (Lipinski definition) is 2. The molecule has 78 valence electrons. The number of carbonyl (C=O) groups is 1. The molecule has 4 N–H and O–H groups in total. The number of amides is 1. The van der Waals surface area contributed by atoms with Crippen LogP contribution in [-0.2, 0) is 10.2 Å². The first-order valence-electron chi connectivity index (χ1n) is 4.50. The molecule has 1 aromatic rings. The van der Waals surface area contributed by atoms with E-state index < -0.39 is 11.3 Å². The average molecular weight is 221 g/mol. The van der Waals surface area contributed by atoms with Gasteiger partial charge >= 0.3 is 0 Å². The average Bonchev–Trinajstić information content (AvgIpc) is 2.72. The van der Waals surface area contributed by atoms with Gasteiger partial charge in [0.1, 0.15) is 10.4 Å². The Morgan fingerprint density at radius 1 is 1.60 bits per heavy atom. The third-order valence-corrected chi connectivity index (χ3v) is 3.42. The van der Waals surface area contributed by atoms with Gasteiger partial charge in [-0.2, -0.15) is 0 Å². The largest absolute Gasteiger partial charge is 0.399 e. The second-order valence-electron chi connectivity index (χ2n) is 3.41. The minimum Gasteiger partial charge on any atom is -0.399 e. The van der Waals surface area contributed by atoms with Gasteiger partial charge in [-0.05, 0) is 12.5 Å². The van der Waals surface area contributed by atoms with E-state index in [9.17, 15) is 4.79 Å². The second-order valence-corrected chi connectivity index (χ2v) is 4.31. The number of allylic oxidation sites excluding steroid dienone is 2. The summed E-state index contributed by atoms with van der Waals surface area (Å²) in [5.41, 5.74) is 10.9. The number of primary amides is 1. The van der Waals surface area contributed by atoms with Gasteiger partial charge in [-0.25, -0.2) is 4.98 Å². The highest BCUT2D eigenvalue weighted by atomic mass is 32.1. The summed E-state index contributed by atoms with van der Waals surface area (Å²) in [5.74, 6) is -0.391. The lowest BCUT2D eigenvalue weighted by atomic mass is 9.81. The van der Waals surface area contributed by atoms with E-state index in [2.05, 4.69) is 4.98 Å². The molecular formula is C10H11N3OS. The van der Waals surface area contributed by atoms with E-state index in [1.807, 2.05) is 5.38 Å². The molecule has 0 fully saturated rings. The van der Waals surface area contributed by atoms with Crippen LogP contribution in [0.1, 0.15) is 11.4 Å². The zero-order valence-corrected chi connectivity index (χ0v) is 8.83. The van der Waals surface area contributed by atoms with Gasteiger partial charge in [-0.3, -0.25) is 4.79 Å². The highest BCUT2D eigenvalue weighted by Gasteiger charge is 2.38. The third-order valence-electron chi connectivity index (χ3n) is 2.47. The Labute approximate surface area is 91.3 Å². The summed E-state index contributed by atoms with van der Waals surface area (Å²) in [4.78, 5) is 15.7. The predicted octanol–water partition coefficient (Wildman–Crippen LogP) is 0.669. The molecule has 0 aliphatic heterocycles. The molecule has 1 unspecified atom stereocenters. The van der Waals surface area contributed by atoms with E-state index in [0.29, 0.717) is 12.1 Å². The van der Waals surface area contributed by atoms with E-state index >= 15 is 0 Å². The van der Waals surface area contributed by atoms with Crippen molar-refractivity contribution in [2.75, 3.05) is 0 Å². The van der Waals surface area contributed by atoms with Crippen LogP contribution in [0.5, 0.6) is 0 Å². The summed E-state index contributed by atoms with van der Waals surface area (Å²) in [6, 6.07) is 0. The number of thiazole rings is 1. The smallest absolute Gasteiger partial charge is 0.234 e. The van der Waals surface area contributed by atoms with Gasteiger partial charge in [-0.1, -0.05) is 12.2 Å². The summed E-state index contributed by atoms with van der Waals surface area (Å²) < 4.78 is 0. The molecule has 0 aromatic carbocycles. The lowest BCUT2D eigenvalue weighted by molar-refractivity contribution is -0.121. The Kier molecular flexibility index (Phi) is 2.32. The highest BCUT2D eigenvalue weighted by molar-refractivity contribution is 7.09. The van der Waals surface area contributed by atoms with E-state index in [1.165, 1.54) is 11.3 Å². The normalized spacial score (nSPS) is 24.9. The number of aromatic nitrogens is 1. The second kappa shape index (κ2) is 3.51. The molecule has 0 saturated carbocycles. The number of hydrogen-bond acceptors (Lipinski definition) is 4. The molecule has 5 heteroatoms. The van der Waals surface area contributed by atoms with Crippen molar-refractivity contribution >= 4 is 17.2 Å². The van der Waals surface area contributed by atoms with Crippen molar-refractivity contribution in [1.29, 1.82) is 0 Å². The molecule has 1 heterocycles. The third kappa shape index (κ3) is 1.55. The summed E-state index contributed by atoms with van der Waals surface area (Å²) in [5, 5.41) is 2.55. The first kappa shape index (κ1) is 9.92. The first-order valence-corrected chi connectivity index (χ1v) is 5.38. The summed E-state index contributed by atoms with van der Waals surface area (Å²) in [6.45, 7) is 0. The fourth-order valence-corrected chi connectivity index (χ4v) is 2.38. The molecule has 1 aliphatic carbocycles. The van der Waals surface area contributed by atoms with Crippen molar-refractivity contribution in [3.63, 3.8) is 0 Å². The van der Waals surface area contributed by atoms with Crippen LogP contribution in [0.2, 0.25) is 0 Å². The van der Waals surface area contributed by atoms with Gasteiger partial charge in [0.15, 0.2) is 0 Å². The summed E-state index contributed by atoms with van der Waals surface area (Å²) in [6.07, 6.45) is 7.39. The fourth-order valence-electron chi connectivity index (χ4n) is 1.54. The number of carbonyl (C=O) groups excluding carboxylic acids is 1. The van der Waals surface area contributed by atoms with Gasteiger partial charge in [0, 0.05) is 17.3 Å². The fraction of sp³-hybridized carbons (Fsp3) is 0.200. The molecule has 0 spiro atoms. The van der Waals surface area contributed by atoms with Crippen molar-refractivity contribution < 1.29 is 4.79 Å². The van der Waals surface area contributed by atoms with Crippen LogP contribution in [-0.4, -0.2) is 10.9 Å². The van der Waals surface area contributed by atoms with Crippen molar-refractivity contribution in [1.82, 2.24) is 4.98 Å². The molecule has 1 atom stereocenters. The minimum absolute atomic E-state index is 0.391. The summed E-state index contributed by atoms with van der Waals surface area (Å²) >= 11 is 1.42. The summed E-state index contributed by atoms with van der Waals surface area (Å²) in [7, 11) is 0. The first-order chi connectivity index (χ1) is 7.15. The minimum atomic E-state index is -0.808. The van der Waals surface area contributed by atoms with Crippen LogP contribution < -0.4 is 11.5 Å². The van der Waals surface area contributed by atoms with Crippen LogP contribution in [0.25, 0.3) is 0 Å². The number of nitrogens with zero attached hydrogens (tertiary/aromatic N) is 1. The highest BCUT2D eigenvalue weighted by Crippen LogP contribution is 2.34. The Balaban J connectivity index is 2.45. The Morgan fingerprint density at radius 2 is 2.40 bits per heavy atom.